The van der Waals surface area contributed by atoms with Crippen LogP contribution in [0.4, 0.5) is 17.2 Å². The van der Waals surface area contributed by atoms with E-state index in [9.17, 15) is 4.79 Å². The Bertz CT molecular complexity index is 818. The van der Waals surface area contributed by atoms with E-state index in [0.717, 1.165) is 11.4 Å². The summed E-state index contributed by atoms with van der Waals surface area (Å²) in [5, 5.41) is 6.74. The van der Waals surface area contributed by atoms with E-state index in [1.54, 1.807) is 48.7 Å². The lowest BCUT2D eigenvalue weighted by Crippen LogP contribution is -2.11. The molecule has 0 bridgehead atoms. The van der Waals surface area contributed by atoms with Gasteiger partial charge in [-0.15, -0.1) is 0 Å². The minimum Gasteiger partial charge on any atom is -0.459 e. The molecule has 2 aromatic heterocycles. The van der Waals surface area contributed by atoms with Crippen molar-refractivity contribution in [2.45, 2.75) is 0 Å². The van der Waals surface area contributed by atoms with Crippen molar-refractivity contribution in [1.82, 2.24) is 4.98 Å². The molecule has 0 radical (unpaired) electrons. The normalized spacial score (nSPS) is 10.3. The summed E-state index contributed by atoms with van der Waals surface area (Å²) in [5.41, 5.74) is 1.54. The predicted octanol–water partition coefficient (Wildman–Crippen LogP) is 4.98. The fraction of sp³-hybridized carbons (Fsp3) is 0. The van der Waals surface area contributed by atoms with Gasteiger partial charge in [-0.1, -0.05) is 23.2 Å². The molecule has 3 aromatic rings. The van der Waals surface area contributed by atoms with E-state index in [0.29, 0.717) is 15.9 Å². The molecule has 3 rings (SSSR count). The summed E-state index contributed by atoms with van der Waals surface area (Å²) in [6, 6.07) is 11.9. The highest BCUT2D eigenvalue weighted by atomic mass is 35.5. The second kappa shape index (κ2) is 6.73. The molecule has 116 valence electrons. The van der Waals surface area contributed by atoms with Crippen molar-refractivity contribution in [3.63, 3.8) is 0 Å². The molecule has 7 heteroatoms. The summed E-state index contributed by atoms with van der Waals surface area (Å²) in [6.07, 6.45) is 3.03. The van der Waals surface area contributed by atoms with Gasteiger partial charge in [0.25, 0.3) is 5.91 Å². The number of benzene rings is 1. The fourth-order valence-electron chi connectivity index (χ4n) is 1.87. The molecule has 23 heavy (non-hydrogen) atoms. The van der Waals surface area contributed by atoms with Crippen LogP contribution in [-0.2, 0) is 0 Å². The zero-order chi connectivity index (χ0) is 16.2. The Morgan fingerprint density at radius 1 is 1.04 bits per heavy atom. The largest absolute Gasteiger partial charge is 0.459 e. The van der Waals surface area contributed by atoms with Gasteiger partial charge in [0, 0.05) is 5.69 Å². The van der Waals surface area contributed by atoms with Crippen molar-refractivity contribution < 1.29 is 9.21 Å². The maximum absolute atomic E-state index is 11.8. The van der Waals surface area contributed by atoms with Crippen LogP contribution >= 0.6 is 23.2 Å². The third-order valence-corrected chi connectivity index (χ3v) is 3.70. The van der Waals surface area contributed by atoms with Gasteiger partial charge in [-0.2, -0.15) is 0 Å². The molecule has 0 spiro atoms. The number of rotatable bonds is 4. The topological polar surface area (TPSA) is 67.2 Å². The first-order chi connectivity index (χ1) is 11.1. The number of hydrogen-bond acceptors (Lipinski definition) is 4. The molecule has 0 atom stereocenters. The van der Waals surface area contributed by atoms with Crippen LogP contribution < -0.4 is 10.6 Å². The van der Waals surface area contributed by atoms with Crippen LogP contribution in [-0.4, -0.2) is 10.9 Å². The maximum Gasteiger partial charge on any atom is 0.292 e. The first kappa shape index (κ1) is 15.4. The second-order valence-corrected chi connectivity index (χ2v) is 5.43. The van der Waals surface area contributed by atoms with Crippen LogP contribution in [0.15, 0.2) is 59.3 Å². The summed E-state index contributed by atoms with van der Waals surface area (Å²) in [5.74, 6) is 0.295. The van der Waals surface area contributed by atoms with Crippen LogP contribution in [0.5, 0.6) is 0 Å². The number of aromatic nitrogens is 1. The van der Waals surface area contributed by atoms with Gasteiger partial charge in [-0.05, 0) is 42.5 Å². The SMILES string of the molecule is O=C(Nc1ccc(Nc2ccc(Cl)c(Cl)c2)cn1)c1ccco1. The monoisotopic (exact) mass is 347 g/mol. The van der Waals surface area contributed by atoms with Gasteiger partial charge in [-0.25, -0.2) is 4.98 Å². The third-order valence-electron chi connectivity index (χ3n) is 2.96. The van der Waals surface area contributed by atoms with Crippen molar-refractivity contribution in [3.05, 3.63) is 70.7 Å². The van der Waals surface area contributed by atoms with E-state index >= 15 is 0 Å². The molecule has 0 aliphatic carbocycles. The molecule has 0 aliphatic heterocycles. The third kappa shape index (κ3) is 3.83. The number of carbonyl (C=O) groups is 1. The van der Waals surface area contributed by atoms with Gasteiger partial charge in [0.1, 0.15) is 5.82 Å². The Hall–Kier alpha value is -2.50. The average molecular weight is 348 g/mol. The van der Waals surface area contributed by atoms with E-state index in [4.69, 9.17) is 27.6 Å². The highest BCUT2D eigenvalue weighted by Gasteiger charge is 2.09. The number of hydrogen-bond donors (Lipinski definition) is 2. The Kier molecular flexibility index (Phi) is 4.50. The molecule has 0 aliphatic rings. The first-order valence-corrected chi connectivity index (χ1v) is 7.40. The molecule has 1 aromatic carbocycles. The summed E-state index contributed by atoms with van der Waals surface area (Å²) in [7, 11) is 0. The van der Waals surface area contributed by atoms with Crippen LogP contribution in [0.25, 0.3) is 0 Å². The molecule has 1 amide bonds. The standard InChI is InChI=1S/C16H11Cl2N3O2/c17-12-5-3-10(8-13(12)18)20-11-4-6-15(19-9-11)21-16(22)14-2-1-7-23-14/h1-9,20H,(H,19,21,22). The fourth-order valence-corrected chi connectivity index (χ4v) is 2.17. The Balaban J connectivity index is 1.67. The molecular formula is C16H11Cl2N3O2. The van der Waals surface area contributed by atoms with Crippen molar-refractivity contribution in [3.8, 4) is 0 Å². The lowest BCUT2D eigenvalue weighted by molar-refractivity contribution is 0.0996. The van der Waals surface area contributed by atoms with Crippen molar-refractivity contribution in [2.75, 3.05) is 10.6 Å². The molecule has 5 nitrogen and oxygen atoms in total. The summed E-state index contributed by atoms with van der Waals surface area (Å²) >= 11 is 11.8. The van der Waals surface area contributed by atoms with E-state index < -0.39 is 0 Å². The van der Waals surface area contributed by atoms with Gasteiger partial charge < -0.3 is 15.1 Å². The lowest BCUT2D eigenvalue weighted by Gasteiger charge is -2.08. The number of nitrogens with one attached hydrogen (secondary N) is 2. The number of halogens is 2. The molecule has 0 saturated carbocycles. The number of anilines is 3. The highest BCUT2D eigenvalue weighted by molar-refractivity contribution is 6.42. The van der Waals surface area contributed by atoms with Gasteiger partial charge in [0.15, 0.2) is 5.76 Å². The van der Waals surface area contributed by atoms with E-state index in [1.165, 1.54) is 6.26 Å². The number of pyridine rings is 1. The number of amides is 1. The molecule has 2 N–H and O–H groups in total. The number of furan rings is 1. The Labute approximate surface area is 142 Å². The summed E-state index contributed by atoms with van der Waals surface area (Å²) in [4.78, 5) is 16.0. The van der Waals surface area contributed by atoms with Crippen LogP contribution in [0, 0.1) is 0 Å². The van der Waals surface area contributed by atoms with Crippen LogP contribution in [0.3, 0.4) is 0 Å². The van der Waals surface area contributed by atoms with E-state index in [-0.39, 0.29) is 11.7 Å². The molecule has 0 unspecified atom stereocenters. The summed E-state index contributed by atoms with van der Waals surface area (Å²) < 4.78 is 5.02. The maximum atomic E-state index is 11.8. The van der Waals surface area contributed by atoms with Gasteiger partial charge in [-0.3, -0.25) is 4.79 Å². The van der Waals surface area contributed by atoms with Crippen LogP contribution in [0.2, 0.25) is 10.0 Å². The van der Waals surface area contributed by atoms with E-state index in [1.807, 2.05) is 0 Å². The van der Waals surface area contributed by atoms with Gasteiger partial charge >= 0.3 is 0 Å². The average Bonchev–Trinajstić information content (AvgIpc) is 3.07. The Morgan fingerprint density at radius 2 is 1.87 bits per heavy atom. The van der Waals surface area contributed by atoms with Crippen molar-refractivity contribution >= 4 is 46.3 Å². The smallest absolute Gasteiger partial charge is 0.292 e. The quantitative estimate of drug-likeness (QED) is 0.698. The first-order valence-electron chi connectivity index (χ1n) is 6.65. The zero-order valence-electron chi connectivity index (χ0n) is 11.7. The van der Waals surface area contributed by atoms with Crippen LogP contribution in [0.1, 0.15) is 10.6 Å². The zero-order valence-corrected chi connectivity index (χ0v) is 13.2. The van der Waals surface area contributed by atoms with Gasteiger partial charge in [0.2, 0.25) is 0 Å². The minimum atomic E-state index is -0.354. The lowest BCUT2D eigenvalue weighted by atomic mass is 10.3. The van der Waals surface area contributed by atoms with E-state index in [2.05, 4.69) is 15.6 Å². The highest BCUT2D eigenvalue weighted by Crippen LogP contribution is 2.27. The second-order valence-electron chi connectivity index (χ2n) is 4.62. The molecule has 2 heterocycles. The van der Waals surface area contributed by atoms with Crippen molar-refractivity contribution in [2.24, 2.45) is 0 Å². The summed E-state index contributed by atoms with van der Waals surface area (Å²) in [6.45, 7) is 0. The minimum absolute atomic E-state index is 0.227. The molecule has 0 fully saturated rings. The number of carbonyl (C=O) groups excluding carboxylic acids is 1. The molecule has 0 saturated heterocycles. The predicted molar refractivity (Wildman–Crippen MR) is 90.6 cm³/mol. The Morgan fingerprint density at radius 3 is 2.52 bits per heavy atom. The molecular weight excluding hydrogens is 337 g/mol. The van der Waals surface area contributed by atoms with Gasteiger partial charge in [0.05, 0.1) is 28.2 Å². The van der Waals surface area contributed by atoms with Crippen molar-refractivity contribution in [1.29, 1.82) is 0 Å². The number of nitrogens with zero attached hydrogens (tertiary/aromatic N) is 1.